The van der Waals surface area contributed by atoms with E-state index in [1.165, 1.54) is 0 Å². The summed E-state index contributed by atoms with van der Waals surface area (Å²) in [6.07, 6.45) is 2.78. The molecular formula is C13H25N5O. The van der Waals surface area contributed by atoms with E-state index in [1.807, 2.05) is 50.7 Å². The number of aromatic nitrogens is 2. The maximum Gasteiger partial charge on any atom is 0.236 e. The van der Waals surface area contributed by atoms with E-state index in [0.29, 0.717) is 6.54 Å². The van der Waals surface area contributed by atoms with Gasteiger partial charge in [-0.25, -0.2) is 4.98 Å². The van der Waals surface area contributed by atoms with Crippen molar-refractivity contribution in [1.29, 1.82) is 0 Å². The lowest BCUT2D eigenvalue weighted by Gasteiger charge is -2.15. The fourth-order valence-corrected chi connectivity index (χ4v) is 1.77. The molecule has 1 unspecified atom stereocenters. The summed E-state index contributed by atoms with van der Waals surface area (Å²) in [4.78, 5) is 18.0. The van der Waals surface area contributed by atoms with Crippen molar-refractivity contribution in [1.82, 2.24) is 20.2 Å². The first-order valence-electron chi connectivity index (χ1n) is 6.66. The molecule has 1 aromatic rings. The van der Waals surface area contributed by atoms with Crippen molar-refractivity contribution >= 4 is 11.9 Å². The average molecular weight is 267 g/mol. The minimum Gasteiger partial charge on any atom is -0.355 e. The highest BCUT2D eigenvalue weighted by Gasteiger charge is 2.13. The second-order valence-electron chi connectivity index (χ2n) is 4.90. The zero-order valence-corrected chi connectivity index (χ0v) is 12.5. The Morgan fingerprint density at radius 1 is 1.53 bits per heavy atom. The number of amides is 1. The Bertz CT molecular complexity index is 413. The molecule has 0 aromatic carbocycles. The molecule has 6 heteroatoms. The van der Waals surface area contributed by atoms with Gasteiger partial charge in [0.2, 0.25) is 11.9 Å². The highest BCUT2D eigenvalue weighted by Crippen LogP contribution is 2.10. The third kappa shape index (κ3) is 4.24. The first kappa shape index (κ1) is 15.5. The summed E-state index contributed by atoms with van der Waals surface area (Å²) < 4.78 is 2.02. The van der Waals surface area contributed by atoms with Crippen molar-refractivity contribution in [2.45, 2.75) is 32.9 Å². The van der Waals surface area contributed by atoms with Gasteiger partial charge in [0.15, 0.2) is 0 Å². The van der Waals surface area contributed by atoms with E-state index in [9.17, 15) is 4.79 Å². The van der Waals surface area contributed by atoms with Crippen molar-refractivity contribution < 1.29 is 4.79 Å². The van der Waals surface area contributed by atoms with Gasteiger partial charge in [-0.3, -0.25) is 4.79 Å². The third-order valence-electron chi connectivity index (χ3n) is 2.99. The van der Waals surface area contributed by atoms with Gasteiger partial charge in [0.1, 0.15) is 0 Å². The van der Waals surface area contributed by atoms with Gasteiger partial charge >= 0.3 is 0 Å². The van der Waals surface area contributed by atoms with Gasteiger partial charge in [0.25, 0.3) is 0 Å². The predicted octanol–water partition coefficient (Wildman–Crippen LogP) is 0.490. The number of anilines is 1. The van der Waals surface area contributed by atoms with Crippen LogP contribution in [0, 0.1) is 0 Å². The zero-order chi connectivity index (χ0) is 14.4. The maximum atomic E-state index is 11.7. The molecule has 0 saturated heterocycles. The molecule has 108 valence electrons. The summed E-state index contributed by atoms with van der Waals surface area (Å²) in [6.45, 7) is 5.25. The summed E-state index contributed by atoms with van der Waals surface area (Å²) in [6, 6.07) is -0.204. The van der Waals surface area contributed by atoms with Crippen LogP contribution < -0.4 is 15.5 Å². The summed E-state index contributed by atoms with van der Waals surface area (Å²) >= 11 is 0. The van der Waals surface area contributed by atoms with Crippen LogP contribution in [0.15, 0.2) is 6.20 Å². The Balaban J connectivity index is 2.50. The molecule has 0 spiro atoms. The molecule has 1 atom stereocenters. The van der Waals surface area contributed by atoms with Gasteiger partial charge in [-0.2, -0.15) is 0 Å². The number of hydrogen-bond acceptors (Lipinski definition) is 4. The van der Waals surface area contributed by atoms with Gasteiger partial charge in [0.05, 0.1) is 17.9 Å². The Labute approximate surface area is 115 Å². The van der Waals surface area contributed by atoms with E-state index < -0.39 is 0 Å². The standard InChI is InChI=1S/C13H25N5O/c1-6-7-14-12(19)10(2)15-8-11-9-16-13(17(3)4)18(11)5/h9-10,15H,6-8H2,1-5H3,(H,14,19). The number of imidazole rings is 1. The maximum absolute atomic E-state index is 11.7. The molecule has 0 radical (unpaired) electrons. The number of hydrogen-bond donors (Lipinski definition) is 2. The van der Waals surface area contributed by atoms with Crippen molar-refractivity contribution in [3.63, 3.8) is 0 Å². The Morgan fingerprint density at radius 3 is 2.74 bits per heavy atom. The second kappa shape index (κ2) is 7.13. The van der Waals surface area contributed by atoms with Crippen LogP contribution >= 0.6 is 0 Å². The molecule has 0 aliphatic rings. The quantitative estimate of drug-likeness (QED) is 0.755. The Kier molecular flexibility index (Phi) is 5.82. The lowest BCUT2D eigenvalue weighted by molar-refractivity contribution is -0.122. The first-order chi connectivity index (χ1) is 8.97. The monoisotopic (exact) mass is 267 g/mol. The second-order valence-corrected chi connectivity index (χ2v) is 4.90. The van der Waals surface area contributed by atoms with E-state index in [-0.39, 0.29) is 11.9 Å². The number of rotatable bonds is 7. The number of carbonyl (C=O) groups is 1. The molecule has 0 aliphatic heterocycles. The highest BCUT2D eigenvalue weighted by atomic mass is 16.2. The van der Waals surface area contributed by atoms with Crippen molar-refractivity contribution in [2.24, 2.45) is 7.05 Å². The van der Waals surface area contributed by atoms with E-state index in [2.05, 4.69) is 15.6 Å². The summed E-state index contributed by atoms with van der Waals surface area (Å²) in [5.41, 5.74) is 1.05. The molecule has 0 fully saturated rings. The minimum atomic E-state index is -0.204. The van der Waals surface area contributed by atoms with E-state index in [4.69, 9.17) is 0 Å². The van der Waals surface area contributed by atoms with Gasteiger partial charge in [0, 0.05) is 34.2 Å². The molecule has 0 bridgehead atoms. The lowest BCUT2D eigenvalue weighted by atomic mass is 10.3. The summed E-state index contributed by atoms with van der Waals surface area (Å²) in [5, 5.41) is 6.08. The molecule has 19 heavy (non-hydrogen) atoms. The number of nitrogens with zero attached hydrogens (tertiary/aromatic N) is 3. The van der Waals surface area contributed by atoms with E-state index >= 15 is 0 Å². The molecular weight excluding hydrogens is 242 g/mol. The van der Waals surface area contributed by atoms with Crippen LogP contribution in [0.4, 0.5) is 5.95 Å². The van der Waals surface area contributed by atoms with Crippen LogP contribution in [0.1, 0.15) is 26.0 Å². The molecule has 6 nitrogen and oxygen atoms in total. The molecule has 1 heterocycles. The largest absolute Gasteiger partial charge is 0.355 e. The van der Waals surface area contributed by atoms with Crippen LogP contribution in [0.3, 0.4) is 0 Å². The SMILES string of the molecule is CCCNC(=O)C(C)NCc1cnc(N(C)C)n1C. The van der Waals surface area contributed by atoms with E-state index in [0.717, 1.165) is 24.6 Å². The third-order valence-corrected chi connectivity index (χ3v) is 2.99. The summed E-state index contributed by atoms with van der Waals surface area (Å²) in [5.74, 6) is 0.941. The van der Waals surface area contributed by atoms with Crippen LogP contribution in [0.2, 0.25) is 0 Å². The fraction of sp³-hybridized carbons (Fsp3) is 0.692. The molecule has 0 aliphatic carbocycles. The smallest absolute Gasteiger partial charge is 0.236 e. The van der Waals surface area contributed by atoms with Crippen molar-refractivity contribution in [3.8, 4) is 0 Å². The van der Waals surface area contributed by atoms with Crippen molar-refractivity contribution in [2.75, 3.05) is 25.5 Å². The number of carbonyl (C=O) groups excluding carboxylic acids is 1. The fourth-order valence-electron chi connectivity index (χ4n) is 1.77. The van der Waals surface area contributed by atoms with E-state index in [1.54, 1.807) is 0 Å². The first-order valence-corrected chi connectivity index (χ1v) is 6.66. The Hall–Kier alpha value is -1.56. The van der Waals surface area contributed by atoms with Crippen LogP contribution in [-0.4, -0.2) is 42.1 Å². The normalized spacial score (nSPS) is 12.3. The van der Waals surface area contributed by atoms with Gasteiger partial charge in [-0.05, 0) is 13.3 Å². The van der Waals surface area contributed by atoms with Crippen LogP contribution in [0.25, 0.3) is 0 Å². The molecule has 1 rings (SSSR count). The lowest BCUT2D eigenvalue weighted by Crippen LogP contribution is -2.42. The van der Waals surface area contributed by atoms with Crippen molar-refractivity contribution in [3.05, 3.63) is 11.9 Å². The molecule has 1 amide bonds. The Morgan fingerprint density at radius 2 is 2.21 bits per heavy atom. The summed E-state index contributed by atoms with van der Waals surface area (Å²) in [7, 11) is 5.89. The topological polar surface area (TPSA) is 62.2 Å². The van der Waals surface area contributed by atoms with Crippen LogP contribution in [0.5, 0.6) is 0 Å². The zero-order valence-electron chi connectivity index (χ0n) is 12.5. The van der Waals surface area contributed by atoms with Gasteiger partial charge < -0.3 is 20.1 Å². The molecule has 2 N–H and O–H groups in total. The highest BCUT2D eigenvalue weighted by molar-refractivity contribution is 5.81. The average Bonchev–Trinajstić information content (AvgIpc) is 2.74. The molecule has 1 aromatic heterocycles. The van der Waals surface area contributed by atoms with Gasteiger partial charge in [-0.1, -0.05) is 6.92 Å². The van der Waals surface area contributed by atoms with Gasteiger partial charge in [-0.15, -0.1) is 0 Å². The molecule has 0 saturated carbocycles. The number of nitrogens with one attached hydrogen (secondary N) is 2. The minimum absolute atomic E-state index is 0.0388. The predicted molar refractivity (Wildman–Crippen MR) is 77.1 cm³/mol. The van der Waals surface area contributed by atoms with Crippen LogP contribution in [-0.2, 0) is 18.4 Å².